The molecule has 372 valence electrons. The van der Waals surface area contributed by atoms with Gasteiger partial charge in [-0.1, -0.05) is 138 Å². The van der Waals surface area contributed by atoms with Crippen LogP contribution in [0.2, 0.25) is 0 Å². The molecule has 0 saturated heterocycles. The van der Waals surface area contributed by atoms with E-state index in [4.69, 9.17) is 26.2 Å². The summed E-state index contributed by atoms with van der Waals surface area (Å²) in [6.07, 6.45) is 1.97. The van der Waals surface area contributed by atoms with E-state index in [1.807, 2.05) is 150 Å². The second-order valence-electron chi connectivity index (χ2n) is 15.3. The van der Waals surface area contributed by atoms with Crippen LogP contribution in [0.3, 0.4) is 0 Å². The van der Waals surface area contributed by atoms with Crippen LogP contribution in [0.5, 0.6) is 0 Å². The SMILES string of the molecule is CC.CC.CCC.CS(=O)(=O)O.[B]N(C)c1cc(N)c(S(=O)(=O)O)cc1N=Nc1ccc2ccccc2c1.[B]N(C)c1ccc(N=Nc2ccc(N=Nc3ccccc3)c3cc(C)ccc23)c2ccccc12. The van der Waals surface area contributed by atoms with E-state index in [1.54, 1.807) is 17.9 Å². The highest BCUT2D eigenvalue weighted by Gasteiger charge is 2.18. The first-order valence-electron chi connectivity index (χ1n) is 22.9. The predicted octanol–water partition coefficient (Wildman–Crippen LogP) is 15.2. The highest BCUT2D eigenvalue weighted by molar-refractivity contribution is 7.86. The van der Waals surface area contributed by atoms with Crippen LogP contribution in [0, 0.1) is 6.92 Å². The van der Waals surface area contributed by atoms with Crippen molar-refractivity contribution in [1.82, 2.24) is 0 Å². The van der Waals surface area contributed by atoms with Gasteiger partial charge in [-0.15, -0.1) is 20.5 Å². The van der Waals surface area contributed by atoms with Crippen molar-refractivity contribution >= 4 is 120 Å². The number of benzene rings is 8. The maximum Gasteiger partial charge on any atom is 0.296 e. The lowest BCUT2D eigenvalue weighted by molar-refractivity contribution is 0.483. The van der Waals surface area contributed by atoms with Gasteiger partial charge in [0.2, 0.25) is 16.0 Å². The van der Waals surface area contributed by atoms with Crippen molar-refractivity contribution in [2.24, 2.45) is 30.7 Å². The highest BCUT2D eigenvalue weighted by Crippen LogP contribution is 2.39. The number of hydrogen-bond donors (Lipinski definition) is 3. The molecule has 0 unspecified atom stereocenters. The summed E-state index contributed by atoms with van der Waals surface area (Å²) in [5, 5.41) is 32.4. The maximum atomic E-state index is 11.5. The standard InChI is InChI=1S/C28H22BN5.C17H15BN4O3S.C3H8.2C2H6.CH4O3S/c1-19-12-13-22-24(18-19)27(31-30-20-8-4-3-5-9-20)15-14-25(22)32-33-26-16-17-28(34(2)29)23-11-7-6-10-21(23)26;1-22(18)16-9-14(19)17(26(23,24)25)10-15(16)21-20-13-7-6-11-4-2-3-5-12(11)8-13;1-3-2;2*1-2;1-5(2,3)4/h3-18H,1-2H3;2-10H,19H2,1H3,(H,23,24,25);3H2,1-2H3;2*1-2H3;1H3,(H,2,3,4). The van der Waals surface area contributed by atoms with E-state index in [1.165, 1.54) is 17.3 Å². The van der Waals surface area contributed by atoms with Crippen LogP contribution in [0.4, 0.5) is 51.2 Å². The fourth-order valence-corrected chi connectivity index (χ4v) is 7.11. The van der Waals surface area contributed by atoms with Gasteiger partial charge >= 0.3 is 0 Å². The van der Waals surface area contributed by atoms with Crippen LogP contribution < -0.4 is 15.4 Å². The molecule has 0 aromatic heterocycles. The van der Waals surface area contributed by atoms with Gasteiger partial charge in [-0.2, -0.15) is 27.1 Å². The quantitative estimate of drug-likeness (QED) is 0.0542. The van der Waals surface area contributed by atoms with Crippen LogP contribution in [-0.4, -0.2) is 62.3 Å². The Hall–Kier alpha value is -7.31. The molecule has 0 atom stereocenters. The summed E-state index contributed by atoms with van der Waals surface area (Å²) in [5.74, 6) is 0. The third-order valence-electron chi connectivity index (χ3n) is 9.45. The Morgan fingerprint density at radius 2 is 0.958 bits per heavy atom. The lowest BCUT2D eigenvalue weighted by Crippen LogP contribution is -2.13. The van der Waals surface area contributed by atoms with E-state index in [9.17, 15) is 21.4 Å². The number of nitrogen functional groups attached to an aromatic ring is 1. The minimum atomic E-state index is -4.50. The van der Waals surface area contributed by atoms with Crippen molar-refractivity contribution in [3.05, 3.63) is 157 Å². The predicted molar refractivity (Wildman–Crippen MR) is 301 cm³/mol. The smallest absolute Gasteiger partial charge is 0.296 e. The minimum absolute atomic E-state index is 0.135. The van der Waals surface area contributed by atoms with Crippen LogP contribution in [0.15, 0.2) is 187 Å². The van der Waals surface area contributed by atoms with E-state index in [0.29, 0.717) is 17.6 Å². The molecule has 0 aliphatic rings. The molecule has 0 spiro atoms. The number of azo groups is 3. The maximum absolute atomic E-state index is 11.5. The zero-order valence-electron chi connectivity index (χ0n) is 42.3. The molecular weight excluding hydrogens is 944 g/mol. The van der Waals surface area contributed by atoms with Gasteiger partial charge in [0.15, 0.2) is 0 Å². The highest BCUT2D eigenvalue weighted by atomic mass is 32.2. The van der Waals surface area contributed by atoms with E-state index in [-0.39, 0.29) is 11.4 Å². The van der Waals surface area contributed by atoms with Gasteiger partial charge in [0, 0.05) is 27.2 Å². The molecule has 8 rings (SSSR count). The summed E-state index contributed by atoms with van der Waals surface area (Å²) in [4.78, 5) is 2.40. The van der Waals surface area contributed by atoms with Crippen molar-refractivity contribution in [2.45, 2.75) is 59.8 Å². The van der Waals surface area contributed by atoms with Gasteiger partial charge in [-0.3, -0.25) is 9.11 Å². The average molecular weight is 1010 g/mol. The molecule has 0 bridgehead atoms. The average Bonchev–Trinajstić information content (AvgIpc) is 3.35. The normalized spacial score (nSPS) is 11.1. The van der Waals surface area contributed by atoms with Gasteiger partial charge in [0.1, 0.15) is 10.6 Å². The molecule has 0 aliphatic carbocycles. The Bertz CT molecular complexity index is 3350. The van der Waals surface area contributed by atoms with Crippen LogP contribution >= 0.6 is 0 Å². The van der Waals surface area contributed by atoms with Crippen LogP contribution in [0.25, 0.3) is 32.3 Å². The molecule has 0 fully saturated rings. The monoisotopic (exact) mass is 1010 g/mol. The molecule has 0 aliphatic heterocycles. The minimum Gasteiger partial charge on any atom is -0.427 e. The largest absolute Gasteiger partial charge is 0.427 e. The number of nitrogens with zero attached hydrogens (tertiary/aromatic N) is 8. The lowest BCUT2D eigenvalue weighted by atomic mass is 10.0. The number of hydrogen-bond acceptors (Lipinski definition) is 13. The van der Waals surface area contributed by atoms with Crippen molar-refractivity contribution in [3.63, 3.8) is 0 Å². The van der Waals surface area contributed by atoms with Crippen molar-refractivity contribution in [1.29, 1.82) is 0 Å². The van der Waals surface area contributed by atoms with Gasteiger partial charge in [0.05, 0.1) is 46.1 Å². The molecule has 4 N–H and O–H groups in total. The molecule has 8 aromatic carbocycles. The van der Waals surface area contributed by atoms with Gasteiger partial charge in [-0.25, -0.2) is 0 Å². The zero-order chi connectivity index (χ0) is 53.6. The molecule has 0 heterocycles. The molecule has 0 amide bonds. The summed E-state index contributed by atoms with van der Waals surface area (Å²) in [6.45, 7) is 14.3. The fraction of sp³-hybridized carbons (Fsp3) is 0.208. The third-order valence-corrected chi connectivity index (χ3v) is 10.4. The first-order valence-corrected chi connectivity index (χ1v) is 26.2. The Balaban J connectivity index is 0.000000319. The lowest BCUT2D eigenvalue weighted by Gasteiger charge is -2.17. The molecule has 4 radical (unpaired) electrons. The zero-order valence-corrected chi connectivity index (χ0v) is 43.9. The van der Waals surface area contributed by atoms with Gasteiger partial charge < -0.3 is 15.4 Å². The van der Waals surface area contributed by atoms with Crippen LogP contribution in [0.1, 0.15) is 53.5 Å². The Labute approximate surface area is 427 Å². The Kier molecular flexibility index (Phi) is 23.4. The number of fused-ring (bicyclic) bond motifs is 3. The molecule has 19 heteroatoms. The number of aryl methyl sites for hydroxylation is 1. The van der Waals surface area contributed by atoms with E-state index in [2.05, 4.69) is 69.7 Å². The summed E-state index contributed by atoms with van der Waals surface area (Å²) in [5.41, 5.74) is 11.9. The summed E-state index contributed by atoms with van der Waals surface area (Å²) < 4.78 is 58.1. The Morgan fingerprint density at radius 1 is 0.500 bits per heavy atom. The third kappa shape index (κ3) is 17.8. The van der Waals surface area contributed by atoms with Crippen molar-refractivity contribution < 1.29 is 25.9 Å². The van der Waals surface area contributed by atoms with Crippen molar-refractivity contribution in [2.75, 3.05) is 35.7 Å². The van der Waals surface area contributed by atoms with E-state index >= 15 is 0 Å². The molecule has 15 nitrogen and oxygen atoms in total. The van der Waals surface area contributed by atoms with Crippen molar-refractivity contribution in [3.8, 4) is 0 Å². The first kappa shape index (κ1) is 59.0. The van der Waals surface area contributed by atoms with Gasteiger partial charge in [0.25, 0.3) is 20.2 Å². The van der Waals surface area contributed by atoms with E-state index < -0.39 is 25.1 Å². The fourth-order valence-electron chi connectivity index (χ4n) is 6.49. The first-order chi connectivity index (χ1) is 34.3. The van der Waals surface area contributed by atoms with Crippen LogP contribution in [-0.2, 0) is 20.2 Å². The second-order valence-corrected chi connectivity index (χ2v) is 18.1. The molecule has 8 aromatic rings. The molecule has 0 saturated carbocycles. The Morgan fingerprint density at radius 3 is 1.53 bits per heavy atom. The number of anilines is 3. The molecular formula is C53H61B2N9O6S2. The summed E-state index contributed by atoms with van der Waals surface area (Å²) in [6, 6.07) is 47.6. The molecule has 72 heavy (non-hydrogen) atoms. The number of nitrogens with two attached hydrogens (primary N) is 1. The summed E-state index contributed by atoms with van der Waals surface area (Å²) in [7, 11) is 6.97. The van der Waals surface area contributed by atoms with E-state index in [0.717, 1.165) is 72.4 Å². The second kappa shape index (κ2) is 28.5. The topological polar surface area (TPSA) is 215 Å². The number of rotatable bonds is 9. The van der Waals surface area contributed by atoms with Gasteiger partial charge in [-0.05, 0) is 98.5 Å². The summed E-state index contributed by atoms with van der Waals surface area (Å²) >= 11 is 0.